The molecule has 4 rings (SSSR count). The molecule has 2 aliphatic heterocycles. The fraction of sp³-hybridized carbons (Fsp3) is 0.606. The molecule has 2 saturated heterocycles. The van der Waals surface area contributed by atoms with Crippen LogP contribution in [0.25, 0.3) is 6.08 Å². The van der Waals surface area contributed by atoms with E-state index in [-0.39, 0.29) is 24.3 Å². The second-order valence-corrected chi connectivity index (χ2v) is 12.3. The van der Waals surface area contributed by atoms with Gasteiger partial charge in [0.2, 0.25) is 11.6 Å². The Kier molecular flexibility index (Phi) is 11.0. The molecule has 1 amide bonds. The number of hydrogen-bond acceptors (Lipinski definition) is 8. The number of rotatable bonds is 5. The lowest BCUT2D eigenvalue weighted by molar-refractivity contribution is -0.140. The Morgan fingerprint density at radius 3 is 2.48 bits per heavy atom. The van der Waals surface area contributed by atoms with Gasteiger partial charge >= 0.3 is 6.09 Å². The number of aliphatic hydroxyl groups excluding tert-OH is 1. The van der Waals surface area contributed by atoms with E-state index in [4.69, 9.17) is 9.47 Å². The summed E-state index contributed by atoms with van der Waals surface area (Å²) in [4.78, 5) is 45.7. The van der Waals surface area contributed by atoms with Crippen LogP contribution in [0.4, 0.5) is 10.5 Å². The molecule has 1 aliphatic carbocycles. The fourth-order valence-electron chi connectivity index (χ4n) is 5.84. The van der Waals surface area contributed by atoms with Crippen molar-refractivity contribution in [3.63, 3.8) is 0 Å². The Balaban J connectivity index is 1.58. The molecule has 0 unspecified atom stereocenters. The van der Waals surface area contributed by atoms with Crippen LogP contribution in [0.1, 0.15) is 45.6 Å². The number of ether oxygens (including phenoxy) is 2. The van der Waals surface area contributed by atoms with Crippen LogP contribution in [-0.2, 0) is 19.1 Å². The minimum Gasteiger partial charge on any atom is -0.442 e. The van der Waals surface area contributed by atoms with E-state index in [1.54, 1.807) is 4.90 Å². The summed E-state index contributed by atoms with van der Waals surface area (Å²) < 4.78 is 11.3. The number of aliphatic hydroxyl groups is 1. The lowest BCUT2D eigenvalue weighted by atomic mass is 9.80. The molecule has 3 aliphatic rings. The highest BCUT2D eigenvalue weighted by Crippen LogP contribution is 2.30. The molecule has 0 spiro atoms. The molecule has 230 valence electrons. The highest BCUT2D eigenvalue weighted by atomic mass is 16.6. The van der Waals surface area contributed by atoms with Gasteiger partial charge in [-0.15, -0.1) is 0 Å². The van der Waals surface area contributed by atoms with Crippen molar-refractivity contribution in [1.82, 2.24) is 9.80 Å². The smallest absolute Gasteiger partial charge is 0.410 e. The first-order valence-electron chi connectivity index (χ1n) is 15.2. The number of carbonyl (C=O) groups excluding carboxylic acids is 3. The number of hydrogen-bond donors (Lipinski definition) is 1. The van der Waals surface area contributed by atoms with E-state index in [1.165, 1.54) is 0 Å². The third-order valence-electron chi connectivity index (χ3n) is 8.95. The lowest BCUT2D eigenvalue weighted by Crippen LogP contribution is -2.48. The van der Waals surface area contributed by atoms with Crippen molar-refractivity contribution in [2.45, 2.75) is 58.3 Å². The molecule has 1 aromatic rings. The quantitative estimate of drug-likeness (QED) is 0.414. The van der Waals surface area contributed by atoms with Crippen LogP contribution < -0.4 is 4.90 Å². The molecular formula is C33H47N3O6. The molecule has 0 radical (unpaired) electrons. The number of piperazine rings is 1. The van der Waals surface area contributed by atoms with Crippen LogP contribution in [-0.4, -0.2) is 104 Å². The number of ketones is 2. The largest absolute Gasteiger partial charge is 0.442 e. The molecule has 0 saturated carbocycles. The average molecular weight is 582 g/mol. The van der Waals surface area contributed by atoms with Gasteiger partial charge in [0.15, 0.2) is 0 Å². The highest BCUT2D eigenvalue weighted by molar-refractivity contribution is 6.38. The molecule has 1 aromatic carbocycles. The van der Waals surface area contributed by atoms with Crippen molar-refractivity contribution in [3.8, 4) is 0 Å². The SMILES string of the molecule is C/C(=C\c1cccc(N(C)C2COC2)c1)[C@H]1C(=O)C(=O)C[C@H](O)CC[C@H](C)[C@@H](OC(=O)N2CCN(C)CC2)/C=C/[C@@H]1C. The third kappa shape index (κ3) is 8.08. The van der Waals surface area contributed by atoms with Crippen molar-refractivity contribution in [2.24, 2.45) is 17.8 Å². The maximum atomic E-state index is 13.6. The molecule has 9 heteroatoms. The van der Waals surface area contributed by atoms with Gasteiger partial charge in [0, 0.05) is 45.3 Å². The molecule has 0 bridgehead atoms. The van der Waals surface area contributed by atoms with E-state index in [2.05, 4.69) is 15.9 Å². The summed E-state index contributed by atoms with van der Waals surface area (Å²) >= 11 is 0. The van der Waals surface area contributed by atoms with Crippen molar-refractivity contribution in [1.29, 1.82) is 0 Å². The van der Waals surface area contributed by atoms with Gasteiger partial charge in [0.25, 0.3) is 0 Å². The van der Waals surface area contributed by atoms with Gasteiger partial charge in [0.1, 0.15) is 6.10 Å². The third-order valence-corrected chi connectivity index (χ3v) is 8.95. The molecule has 0 aromatic heterocycles. The molecule has 9 nitrogen and oxygen atoms in total. The van der Waals surface area contributed by atoms with Gasteiger partial charge < -0.3 is 29.3 Å². The summed E-state index contributed by atoms with van der Waals surface area (Å²) in [6.45, 7) is 10.0. The molecule has 42 heavy (non-hydrogen) atoms. The fourth-order valence-corrected chi connectivity index (χ4v) is 5.84. The van der Waals surface area contributed by atoms with Crippen LogP contribution >= 0.6 is 0 Å². The second kappa shape index (κ2) is 14.4. The van der Waals surface area contributed by atoms with E-state index in [9.17, 15) is 19.5 Å². The van der Waals surface area contributed by atoms with E-state index >= 15 is 0 Å². The predicted molar refractivity (Wildman–Crippen MR) is 163 cm³/mol. The molecular weight excluding hydrogens is 534 g/mol. The normalized spacial score (nSPS) is 29.7. The molecule has 5 atom stereocenters. The van der Waals surface area contributed by atoms with Crippen molar-refractivity contribution in [2.75, 3.05) is 58.4 Å². The molecule has 2 fully saturated rings. The van der Waals surface area contributed by atoms with Gasteiger partial charge in [-0.05, 0) is 62.4 Å². The number of allylic oxidation sites excluding steroid dienone is 2. The van der Waals surface area contributed by atoms with Gasteiger partial charge in [-0.2, -0.15) is 0 Å². The Labute approximate surface area is 250 Å². The first-order valence-corrected chi connectivity index (χ1v) is 15.2. The Hall–Kier alpha value is -3.01. The summed E-state index contributed by atoms with van der Waals surface area (Å²) in [7, 11) is 4.08. The minimum absolute atomic E-state index is 0.0689. The van der Waals surface area contributed by atoms with E-state index in [0.29, 0.717) is 45.2 Å². The summed E-state index contributed by atoms with van der Waals surface area (Å²) in [5.74, 6) is -2.15. The van der Waals surface area contributed by atoms with Crippen LogP contribution in [0.15, 0.2) is 42.0 Å². The summed E-state index contributed by atoms with van der Waals surface area (Å²) in [5.41, 5.74) is 2.76. The maximum absolute atomic E-state index is 13.6. The summed E-state index contributed by atoms with van der Waals surface area (Å²) in [5, 5.41) is 10.6. The number of Topliss-reactive ketones (excluding diaryl/α,β-unsaturated/α-hetero) is 2. The number of likely N-dealkylation sites (N-methyl/N-ethyl adjacent to an activating group) is 2. The first-order chi connectivity index (χ1) is 20.0. The van der Waals surface area contributed by atoms with Gasteiger partial charge in [0.05, 0.1) is 31.3 Å². The van der Waals surface area contributed by atoms with Crippen molar-refractivity contribution in [3.05, 3.63) is 47.6 Å². The van der Waals surface area contributed by atoms with Crippen LogP contribution in [0.5, 0.6) is 0 Å². The Morgan fingerprint density at radius 1 is 1.10 bits per heavy atom. The van der Waals surface area contributed by atoms with Gasteiger partial charge in [-0.25, -0.2) is 4.79 Å². The Bertz CT molecular complexity index is 1170. The topological polar surface area (TPSA) is 99.6 Å². The van der Waals surface area contributed by atoms with Crippen LogP contribution in [0, 0.1) is 17.8 Å². The zero-order valence-corrected chi connectivity index (χ0v) is 25.7. The molecule has 2 heterocycles. The van der Waals surface area contributed by atoms with Crippen LogP contribution in [0.3, 0.4) is 0 Å². The monoisotopic (exact) mass is 581 g/mol. The average Bonchev–Trinajstić information content (AvgIpc) is 2.92. The van der Waals surface area contributed by atoms with Crippen molar-refractivity contribution >= 4 is 29.4 Å². The zero-order valence-electron chi connectivity index (χ0n) is 25.7. The van der Waals surface area contributed by atoms with E-state index < -0.39 is 29.7 Å². The predicted octanol–water partition coefficient (Wildman–Crippen LogP) is 3.81. The first kappa shape index (κ1) is 31.9. The van der Waals surface area contributed by atoms with Crippen LogP contribution in [0.2, 0.25) is 0 Å². The van der Waals surface area contributed by atoms with E-state index in [1.807, 2.05) is 71.3 Å². The highest BCUT2D eigenvalue weighted by Gasteiger charge is 2.33. The number of anilines is 1. The minimum atomic E-state index is -0.927. The van der Waals surface area contributed by atoms with Gasteiger partial charge in [-0.1, -0.05) is 43.7 Å². The summed E-state index contributed by atoms with van der Waals surface area (Å²) in [6.07, 6.45) is 4.65. The maximum Gasteiger partial charge on any atom is 0.410 e. The Morgan fingerprint density at radius 2 is 1.81 bits per heavy atom. The number of benzene rings is 1. The second-order valence-electron chi connectivity index (χ2n) is 12.3. The molecule has 1 N–H and O–H groups in total. The zero-order chi connectivity index (χ0) is 30.4. The van der Waals surface area contributed by atoms with E-state index in [0.717, 1.165) is 29.9 Å². The number of amides is 1. The lowest BCUT2D eigenvalue weighted by Gasteiger charge is -2.36. The van der Waals surface area contributed by atoms with Gasteiger partial charge in [-0.3, -0.25) is 9.59 Å². The number of carbonyl (C=O) groups is 3. The standard InChI is InChI=1S/C33H47N3O6/c1-22-9-11-28(37)19-29(38)32(39)31(23(2)10-12-30(22)42-33(40)36-15-13-34(4)14-16-36)24(3)17-25-7-6-8-26(18-25)35(5)27-20-41-21-27/h6-8,10,12,17-18,22-23,27-28,30-31,37H,9,11,13-16,19-21H2,1-5H3/b12-10+,24-17+/t22-,23-,28+,30-,31-/m0/s1. The summed E-state index contributed by atoms with van der Waals surface area (Å²) in [6, 6.07) is 8.43. The van der Waals surface area contributed by atoms with Crippen molar-refractivity contribution < 1.29 is 29.0 Å². The number of nitrogens with zero attached hydrogens (tertiary/aromatic N) is 3.